The van der Waals surface area contributed by atoms with E-state index in [9.17, 15) is 4.79 Å². The zero-order chi connectivity index (χ0) is 8.43. The van der Waals surface area contributed by atoms with Crippen LogP contribution in [-0.2, 0) is 0 Å². The van der Waals surface area contributed by atoms with E-state index < -0.39 is 0 Å². The van der Waals surface area contributed by atoms with Gasteiger partial charge in [-0.15, -0.1) is 0 Å². The van der Waals surface area contributed by atoms with Crippen LogP contribution in [0.4, 0.5) is 0 Å². The molecule has 11 heavy (non-hydrogen) atoms. The van der Waals surface area contributed by atoms with Gasteiger partial charge in [-0.1, -0.05) is 13.8 Å². The summed E-state index contributed by atoms with van der Waals surface area (Å²) in [5, 5.41) is 0. The summed E-state index contributed by atoms with van der Waals surface area (Å²) >= 11 is 3.15. The lowest BCUT2D eigenvalue weighted by Gasteiger charge is -1.99. The predicted octanol–water partition coefficient (Wildman–Crippen LogP) is 2.88. The topological polar surface area (TPSA) is 30.2 Å². The van der Waals surface area contributed by atoms with E-state index >= 15 is 0 Å². The maximum atomic E-state index is 11.3. The molecule has 0 aliphatic carbocycles. The first-order chi connectivity index (χ1) is 5.13. The van der Waals surface area contributed by atoms with Gasteiger partial charge in [-0.3, -0.25) is 4.79 Å². The minimum absolute atomic E-state index is 0.0175. The zero-order valence-corrected chi connectivity index (χ0v) is 8.01. The average Bonchev–Trinajstić information content (AvgIpc) is 2.33. The second-order valence-electron chi connectivity index (χ2n) is 2.63. The van der Waals surface area contributed by atoms with Crippen LogP contribution < -0.4 is 0 Å². The first kappa shape index (κ1) is 8.53. The van der Waals surface area contributed by atoms with Gasteiger partial charge in [-0.25, -0.2) is 0 Å². The molecule has 3 heteroatoms. The summed E-state index contributed by atoms with van der Waals surface area (Å²) in [5.41, 5.74) is 0.625. The third-order valence-electron chi connectivity index (χ3n) is 1.41. The highest BCUT2D eigenvalue weighted by Gasteiger charge is 2.15. The van der Waals surface area contributed by atoms with Crippen molar-refractivity contribution >= 4 is 21.7 Å². The monoisotopic (exact) mass is 216 g/mol. The Morgan fingerprint density at radius 3 is 2.64 bits per heavy atom. The van der Waals surface area contributed by atoms with E-state index in [1.54, 1.807) is 6.07 Å². The van der Waals surface area contributed by atoms with E-state index in [4.69, 9.17) is 4.42 Å². The average molecular weight is 217 g/mol. The van der Waals surface area contributed by atoms with Gasteiger partial charge in [0.15, 0.2) is 10.5 Å². The van der Waals surface area contributed by atoms with Gasteiger partial charge >= 0.3 is 0 Å². The summed E-state index contributed by atoms with van der Waals surface area (Å²) in [5.74, 6) is 0.120. The molecule has 0 spiro atoms. The fraction of sp³-hybridized carbons (Fsp3) is 0.375. The van der Waals surface area contributed by atoms with Gasteiger partial charge in [-0.05, 0) is 22.0 Å². The molecule has 0 aromatic carbocycles. The number of rotatable bonds is 2. The van der Waals surface area contributed by atoms with Crippen LogP contribution >= 0.6 is 15.9 Å². The maximum Gasteiger partial charge on any atom is 0.179 e. The minimum atomic E-state index is 0.0175. The van der Waals surface area contributed by atoms with Crippen LogP contribution in [0, 0.1) is 5.92 Å². The molecule has 0 unspecified atom stereocenters. The fourth-order valence-corrected chi connectivity index (χ4v) is 1.22. The molecule has 0 amide bonds. The third-order valence-corrected chi connectivity index (χ3v) is 2.02. The number of carbonyl (C=O) groups is 1. The van der Waals surface area contributed by atoms with Crippen LogP contribution in [0.15, 0.2) is 21.4 Å². The van der Waals surface area contributed by atoms with Gasteiger partial charge in [0.05, 0.1) is 11.8 Å². The third kappa shape index (κ3) is 1.71. The Morgan fingerprint density at radius 2 is 2.27 bits per heavy atom. The van der Waals surface area contributed by atoms with Gasteiger partial charge in [-0.2, -0.15) is 0 Å². The molecule has 1 rings (SSSR count). The molecule has 1 heterocycles. The highest BCUT2D eigenvalue weighted by molar-refractivity contribution is 9.10. The predicted molar refractivity (Wildman–Crippen MR) is 45.6 cm³/mol. The fourth-order valence-electron chi connectivity index (χ4n) is 0.781. The zero-order valence-electron chi connectivity index (χ0n) is 6.43. The van der Waals surface area contributed by atoms with Crippen molar-refractivity contribution in [3.8, 4) is 0 Å². The van der Waals surface area contributed by atoms with E-state index in [-0.39, 0.29) is 11.7 Å². The maximum absolute atomic E-state index is 11.3. The highest BCUT2D eigenvalue weighted by Crippen LogP contribution is 2.20. The molecule has 0 atom stereocenters. The first-order valence-electron chi connectivity index (χ1n) is 3.40. The lowest BCUT2D eigenvalue weighted by molar-refractivity contribution is 0.0937. The van der Waals surface area contributed by atoms with E-state index in [0.29, 0.717) is 10.2 Å². The van der Waals surface area contributed by atoms with Crippen molar-refractivity contribution in [1.29, 1.82) is 0 Å². The molecule has 60 valence electrons. The molecule has 0 saturated heterocycles. The van der Waals surface area contributed by atoms with Crippen molar-refractivity contribution < 1.29 is 9.21 Å². The van der Waals surface area contributed by atoms with Crippen molar-refractivity contribution in [2.24, 2.45) is 5.92 Å². The van der Waals surface area contributed by atoms with E-state index in [2.05, 4.69) is 15.9 Å². The van der Waals surface area contributed by atoms with Crippen molar-refractivity contribution in [3.63, 3.8) is 0 Å². The first-order valence-corrected chi connectivity index (χ1v) is 4.19. The van der Waals surface area contributed by atoms with Gasteiger partial charge in [0, 0.05) is 5.92 Å². The Kier molecular flexibility index (Phi) is 2.49. The molecular weight excluding hydrogens is 208 g/mol. The molecule has 0 aliphatic rings. The molecule has 0 aliphatic heterocycles. The number of ketones is 1. The summed E-state index contributed by atoms with van der Waals surface area (Å²) in [6.45, 7) is 3.73. The Labute approximate surface area is 73.7 Å². The van der Waals surface area contributed by atoms with Crippen molar-refractivity contribution in [2.75, 3.05) is 0 Å². The standard InChI is InChI=1S/C8H9BrO2/c1-5(2)7(10)6-3-4-11-8(6)9/h3-5H,1-2H3. The number of carbonyl (C=O) groups excluding carboxylic acids is 1. The summed E-state index contributed by atoms with van der Waals surface area (Å²) < 4.78 is 5.46. The summed E-state index contributed by atoms with van der Waals surface area (Å²) in [7, 11) is 0. The number of halogens is 1. The molecular formula is C8H9BrO2. The SMILES string of the molecule is CC(C)C(=O)c1ccoc1Br. The largest absolute Gasteiger partial charge is 0.457 e. The molecule has 0 radical (unpaired) electrons. The minimum Gasteiger partial charge on any atom is -0.457 e. The Balaban J connectivity index is 2.93. The number of furan rings is 1. The van der Waals surface area contributed by atoms with Crippen molar-refractivity contribution in [1.82, 2.24) is 0 Å². The van der Waals surface area contributed by atoms with Gasteiger partial charge in [0.2, 0.25) is 0 Å². The van der Waals surface area contributed by atoms with E-state index in [1.165, 1.54) is 6.26 Å². The highest BCUT2D eigenvalue weighted by atomic mass is 79.9. The molecule has 0 N–H and O–H groups in total. The van der Waals surface area contributed by atoms with Crippen LogP contribution in [0.2, 0.25) is 0 Å². The van der Waals surface area contributed by atoms with Crippen LogP contribution in [-0.4, -0.2) is 5.78 Å². The van der Waals surface area contributed by atoms with Crippen LogP contribution in [0.25, 0.3) is 0 Å². The number of hydrogen-bond acceptors (Lipinski definition) is 2. The van der Waals surface area contributed by atoms with Gasteiger partial charge < -0.3 is 4.42 Å². The molecule has 0 fully saturated rings. The molecule has 0 bridgehead atoms. The molecule has 1 aromatic rings. The Morgan fingerprint density at radius 1 is 1.64 bits per heavy atom. The number of Topliss-reactive ketones (excluding diaryl/α,β-unsaturated/α-hetero) is 1. The normalized spacial score (nSPS) is 10.5. The Bertz CT molecular complexity index is 263. The van der Waals surface area contributed by atoms with Crippen molar-refractivity contribution in [3.05, 3.63) is 22.6 Å². The molecule has 1 aromatic heterocycles. The van der Waals surface area contributed by atoms with Crippen LogP contribution in [0.3, 0.4) is 0 Å². The van der Waals surface area contributed by atoms with Crippen LogP contribution in [0.5, 0.6) is 0 Å². The second kappa shape index (κ2) is 3.22. The number of hydrogen-bond donors (Lipinski definition) is 0. The molecule has 0 saturated carbocycles. The lowest BCUT2D eigenvalue weighted by atomic mass is 10.0. The molecule has 2 nitrogen and oxygen atoms in total. The summed E-state index contributed by atoms with van der Waals surface area (Å²) in [6.07, 6.45) is 1.50. The van der Waals surface area contributed by atoms with E-state index in [0.717, 1.165) is 0 Å². The summed E-state index contributed by atoms with van der Waals surface area (Å²) in [4.78, 5) is 11.3. The quantitative estimate of drug-likeness (QED) is 0.713. The van der Waals surface area contributed by atoms with Gasteiger partial charge in [0.1, 0.15) is 0 Å². The van der Waals surface area contributed by atoms with E-state index in [1.807, 2.05) is 13.8 Å². The van der Waals surface area contributed by atoms with Crippen LogP contribution in [0.1, 0.15) is 24.2 Å². The van der Waals surface area contributed by atoms with Crippen molar-refractivity contribution in [2.45, 2.75) is 13.8 Å². The second-order valence-corrected chi connectivity index (χ2v) is 3.35. The summed E-state index contributed by atoms with van der Waals surface area (Å²) in [6, 6.07) is 1.67. The Hall–Kier alpha value is -0.570. The van der Waals surface area contributed by atoms with Gasteiger partial charge in [0.25, 0.3) is 0 Å². The lowest BCUT2D eigenvalue weighted by Crippen LogP contribution is -2.06. The smallest absolute Gasteiger partial charge is 0.179 e.